The van der Waals surface area contributed by atoms with E-state index in [4.69, 9.17) is 0 Å². The van der Waals surface area contributed by atoms with Crippen molar-refractivity contribution < 1.29 is 9.59 Å². The second-order valence-corrected chi connectivity index (χ2v) is 7.55. The van der Waals surface area contributed by atoms with Crippen LogP contribution in [0.15, 0.2) is 84.9 Å². The zero-order chi connectivity index (χ0) is 21.3. The zero-order valence-electron chi connectivity index (χ0n) is 17.5. The molecule has 0 bridgehead atoms. The maximum Gasteiger partial charge on any atom is 0.242 e. The fourth-order valence-electron chi connectivity index (χ4n) is 3.28. The second kappa shape index (κ2) is 10.4. The Kier molecular flexibility index (Phi) is 7.39. The smallest absolute Gasteiger partial charge is 0.242 e. The van der Waals surface area contributed by atoms with E-state index in [1.165, 1.54) is 5.56 Å². The lowest BCUT2D eigenvalue weighted by Gasteiger charge is -2.29. The average molecular weight is 401 g/mol. The van der Waals surface area contributed by atoms with Crippen molar-refractivity contribution >= 4 is 11.8 Å². The van der Waals surface area contributed by atoms with Crippen molar-refractivity contribution in [3.63, 3.8) is 0 Å². The molecule has 0 saturated carbocycles. The fraction of sp³-hybridized carbons (Fsp3) is 0.231. The molecule has 3 aromatic rings. The molecule has 0 aliphatic rings. The van der Waals surface area contributed by atoms with Gasteiger partial charge in [0.15, 0.2) is 0 Å². The molecule has 154 valence electrons. The van der Waals surface area contributed by atoms with Crippen molar-refractivity contribution in [1.29, 1.82) is 0 Å². The zero-order valence-corrected chi connectivity index (χ0v) is 17.5. The first-order valence-electron chi connectivity index (χ1n) is 10.2. The third kappa shape index (κ3) is 6.05. The number of hydrogen-bond acceptors (Lipinski definition) is 2. The number of amides is 2. The van der Waals surface area contributed by atoms with Crippen LogP contribution in [-0.4, -0.2) is 22.8 Å². The molecule has 0 spiro atoms. The number of rotatable bonds is 8. The van der Waals surface area contributed by atoms with Crippen LogP contribution in [0, 0.1) is 6.92 Å². The molecule has 0 aromatic heterocycles. The molecule has 1 N–H and O–H groups in total. The lowest BCUT2D eigenvalue weighted by molar-refractivity contribution is -0.140. The first kappa shape index (κ1) is 21.3. The number of hydrogen-bond donors (Lipinski definition) is 1. The van der Waals surface area contributed by atoms with Crippen LogP contribution in [0.3, 0.4) is 0 Å². The molecule has 4 nitrogen and oxygen atoms in total. The molecule has 3 rings (SSSR count). The van der Waals surface area contributed by atoms with Gasteiger partial charge in [0.05, 0.1) is 6.42 Å². The Bertz CT molecular complexity index is 953. The van der Waals surface area contributed by atoms with E-state index in [-0.39, 0.29) is 18.2 Å². The predicted octanol–water partition coefficient (Wildman–Crippen LogP) is 4.27. The van der Waals surface area contributed by atoms with Crippen LogP contribution in [0.5, 0.6) is 0 Å². The Morgan fingerprint density at radius 2 is 1.37 bits per heavy atom. The maximum atomic E-state index is 13.1. The molecule has 0 aliphatic heterocycles. The largest absolute Gasteiger partial charge is 0.350 e. The van der Waals surface area contributed by atoms with Crippen molar-refractivity contribution in [3.05, 3.63) is 107 Å². The third-order valence-corrected chi connectivity index (χ3v) is 5.15. The standard InChI is InChI=1S/C26H28N2O2/c1-20-13-15-23(16-14-20)18-27-26(30)21(2)28(19-24-11-7-4-8-12-24)25(29)17-22-9-5-3-6-10-22/h3-16,21H,17-19H2,1-2H3,(H,27,30)/t21-/m1/s1. The quantitative estimate of drug-likeness (QED) is 0.614. The average Bonchev–Trinajstić information content (AvgIpc) is 2.77. The summed E-state index contributed by atoms with van der Waals surface area (Å²) in [5, 5.41) is 2.97. The Labute approximate surface area is 178 Å². The van der Waals surface area contributed by atoms with Crippen molar-refractivity contribution in [3.8, 4) is 0 Å². The summed E-state index contributed by atoms with van der Waals surface area (Å²) in [5.74, 6) is -0.226. The summed E-state index contributed by atoms with van der Waals surface area (Å²) in [4.78, 5) is 27.6. The number of nitrogens with zero attached hydrogens (tertiary/aromatic N) is 1. The van der Waals surface area contributed by atoms with Crippen molar-refractivity contribution in [2.45, 2.75) is 39.4 Å². The molecule has 1 atom stereocenters. The van der Waals surface area contributed by atoms with E-state index in [0.29, 0.717) is 13.1 Å². The van der Waals surface area contributed by atoms with Crippen LogP contribution >= 0.6 is 0 Å². The summed E-state index contributed by atoms with van der Waals surface area (Å²) in [7, 11) is 0. The fourth-order valence-corrected chi connectivity index (χ4v) is 3.28. The van der Waals surface area contributed by atoms with Crippen molar-refractivity contribution in [1.82, 2.24) is 10.2 Å². The Morgan fingerprint density at radius 3 is 1.97 bits per heavy atom. The highest BCUT2D eigenvalue weighted by molar-refractivity contribution is 5.88. The predicted molar refractivity (Wildman–Crippen MR) is 120 cm³/mol. The Balaban J connectivity index is 1.71. The van der Waals surface area contributed by atoms with Gasteiger partial charge in [-0.25, -0.2) is 0 Å². The molecular weight excluding hydrogens is 372 g/mol. The summed E-state index contributed by atoms with van der Waals surface area (Å²) >= 11 is 0. The van der Waals surface area contributed by atoms with E-state index in [0.717, 1.165) is 16.7 Å². The molecule has 0 heterocycles. The van der Waals surface area contributed by atoms with Gasteiger partial charge in [0, 0.05) is 13.1 Å². The molecule has 0 unspecified atom stereocenters. The number of benzene rings is 3. The summed E-state index contributed by atoms with van der Waals surface area (Å²) in [6, 6.07) is 26.9. The van der Waals surface area contributed by atoms with Gasteiger partial charge in [-0.3, -0.25) is 9.59 Å². The van der Waals surface area contributed by atoms with Gasteiger partial charge in [0.2, 0.25) is 11.8 Å². The third-order valence-electron chi connectivity index (χ3n) is 5.15. The molecule has 2 amide bonds. The first-order chi connectivity index (χ1) is 14.5. The maximum absolute atomic E-state index is 13.1. The summed E-state index contributed by atoms with van der Waals surface area (Å²) in [5.41, 5.74) is 4.15. The van der Waals surface area contributed by atoms with Gasteiger partial charge in [-0.1, -0.05) is 90.5 Å². The van der Waals surface area contributed by atoms with Crippen LogP contribution in [0.25, 0.3) is 0 Å². The minimum Gasteiger partial charge on any atom is -0.350 e. The van der Waals surface area contributed by atoms with E-state index in [9.17, 15) is 9.59 Å². The van der Waals surface area contributed by atoms with Crippen LogP contribution in [-0.2, 0) is 29.1 Å². The van der Waals surface area contributed by atoms with E-state index < -0.39 is 6.04 Å². The van der Waals surface area contributed by atoms with Gasteiger partial charge in [-0.2, -0.15) is 0 Å². The van der Waals surface area contributed by atoms with E-state index in [2.05, 4.69) is 5.32 Å². The highest BCUT2D eigenvalue weighted by Gasteiger charge is 2.26. The van der Waals surface area contributed by atoms with Crippen molar-refractivity contribution in [2.24, 2.45) is 0 Å². The molecule has 0 saturated heterocycles. The molecule has 0 radical (unpaired) electrons. The molecule has 0 aliphatic carbocycles. The van der Waals surface area contributed by atoms with Gasteiger partial charge in [0.25, 0.3) is 0 Å². The van der Waals surface area contributed by atoms with Gasteiger partial charge in [-0.05, 0) is 30.5 Å². The van der Waals surface area contributed by atoms with Crippen molar-refractivity contribution in [2.75, 3.05) is 0 Å². The summed E-state index contributed by atoms with van der Waals surface area (Å²) in [6.45, 7) is 4.65. The molecule has 3 aromatic carbocycles. The molecular formula is C26H28N2O2. The van der Waals surface area contributed by atoms with E-state index in [1.807, 2.05) is 91.9 Å². The Morgan fingerprint density at radius 1 is 0.800 bits per heavy atom. The number of carbonyl (C=O) groups excluding carboxylic acids is 2. The second-order valence-electron chi connectivity index (χ2n) is 7.55. The summed E-state index contributed by atoms with van der Waals surface area (Å²) < 4.78 is 0. The van der Waals surface area contributed by atoms with Crippen LogP contribution in [0.1, 0.15) is 29.2 Å². The monoisotopic (exact) mass is 400 g/mol. The van der Waals surface area contributed by atoms with Crippen LogP contribution in [0.2, 0.25) is 0 Å². The lowest BCUT2D eigenvalue weighted by Crippen LogP contribution is -2.47. The molecule has 4 heteroatoms. The normalized spacial score (nSPS) is 11.5. The topological polar surface area (TPSA) is 49.4 Å². The lowest BCUT2D eigenvalue weighted by atomic mass is 10.1. The minimum atomic E-state index is -0.577. The highest BCUT2D eigenvalue weighted by atomic mass is 16.2. The van der Waals surface area contributed by atoms with Gasteiger partial charge < -0.3 is 10.2 Å². The van der Waals surface area contributed by atoms with Crippen LogP contribution < -0.4 is 5.32 Å². The van der Waals surface area contributed by atoms with E-state index >= 15 is 0 Å². The van der Waals surface area contributed by atoms with Gasteiger partial charge in [0.1, 0.15) is 6.04 Å². The van der Waals surface area contributed by atoms with Gasteiger partial charge in [-0.15, -0.1) is 0 Å². The minimum absolute atomic E-state index is 0.0666. The summed E-state index contributed by atoms with van der Waals surface area (Å²) in [6.07, 6.45) is 0.267. The van der Waals surface area contributed by atoms with Crippen LogP contribution in [0.4, 0.5) is 0 Å². The Hall–Kier alpha value is -3.40. The number of carbonyl (C=O) groups is 2. The number of aryl methyl sites for hydroxylation is 1. The molecule has 30 heavy (non-hydrogen) atoms. The highest BCUT2D eigenvalue weighted by Crippen LogP contribution is 2.13. The first-order valence-corrected chi connectivity index (χ1v) is 10.2. The SMILES string of the molecule is Cc1ccc(CNC(=O)[C@@H](C)N(Cc2ccccc2)C(=O)Cc2ccccc2)cc1. The number of nitrogens with one attached hydrogen (secondary N) is 1. The van der Waals surface area contributed by atoms with Gasteiger partial charge >= 0.3 is 0 Å². The molecule has 0 fully saturated rings. The van der Waals surface area contributed by atoms with E-state index in [1.54, 1.807) is 11.8 Å².